The first kappa shape index (κ1) is 15.5. The Kier molecular flexibility index (Phi) is 5.24. The van der Waals surface area contributed by atoms with Crippen molar-refractivity contribution in [1.82, 2.24) is 9.97 Å². The molecule has 1 aromatic heterocycles. The van der Waals surface area contributed by atoms with Gasteiger partial charge in [-0.15, -0.1) is 0 Å². The highest BCUT2D eigenvalue weighted by Crippen LogP contribution is 2.59. The summed E-state index contributed by atoms with van der Waals surface area (Å²) >= 11 is 0. The largest absolute Gasteiger partial charge is 0.379 e. The van der Waals surface area contributed by atoms with Crippen molar-refractivity contribution in [1.29, 1.82) is 0 Å². The Morgan fingerprint density at radius 1 is 1.28 bits per heavy atom. The fourth-order valence-electron chi connectivity index (χ4n) is 1.18. The number of H-pyrrole nitrogens is 1. The molecule has 0 atom stereocenters. The van der Waals surface area contributed by atoms with Crippen molar-refractivity contribution < 1.29 is 33.4 Å². The Hall–Kier alpha value is -0.530. The number of aromatic nitrogens is 2. The summed E-state index contributed by atoms with van der Waals surface area (Å²) < 4.78 is 26.7. The number of imidazole rings is 1. The first-order valence-corrected chi connectivity index (χ1v) is 8.23. The van der Waals surface area contributed by atoms with E-state index >= 15 is 0 Å². The Balaban J connectivity index is 2.44. The van der Waals surface area contributed by atoms with Crippen LogP contribution in [-0.4, -0.2) is 48.2 Å². The number of aromatic amines is 1. The Morgan fingerprint density at radius 3 is 2.33 bits per heavy atom. The summed E-state index contributed by atoms with van der Waals surface area (Å²) in [6.45, 7) is -0.652. The molecule has 9 nitrogen and oxygen atoms in total. The highest BCUT2D eigenvalue weighted by Gasteiger charge is 2.43. The fourth-order valence-corrected chi connectivity index (χ4v) is 3.35. The van der Waals surface area contributed by atoms with Crippen molar-refractivity contribution in [3.63, 3.8) is 0 Å². The maximum Gasteiger partial charge on any atom is 0.343 e. The molecule has 0 aliphatic carbocycles. The molecular formula is C7H14N2O7P2. The van der Waals surface area contributed by atoms with Gasteiger partial charge < -0.3 is 29.3 Å². The van der Waals surface area contributed by atoms with E-state index in [1.54, 1.807) is 6.20 Å². The highest BCUT2D eigenvalue weighted by molar-refractivity contribution is 7.70. The van der Waals surface area contributed by atoms with Gasteiger partial charge in [-0.25, -0.2) is 4.98 Å². The quantitative estimate of drug-likeness (QED) is 0.338. The van der Waals surface area contributed by atoms with Crippen molar-refractivity contribution >= 4 is 15.2 Å². The molecular weight excluding hydrogens is 286 g/mol. The molecule has 0 radical (unpaired) electrons. The second kappa shape index (κ2) is 6.08. The molecule has 5 N–H and O–H groups in total. The van der Waals surface area contributed by atoms with Crippen molar-refractivity contribution in [3.05, 3.63) is 18.2 Å². The van der Waals surface area contributed by atoms with Gasteiger partial charge in [0, 0.05) is 12.6 Å². The first-order chi connectivity index (χ1) is 8.21. The third-order valence-electron chi connectivity index (χ3n) is 2.10. The van der Waals surface area contributed by atoms with Crippen LogP contribution in [0.1, 0.15) is 5.69 Å². The highest BCUT2D eigenvalue weighted by atomic mass is 31.2. The topological polar surface area (TPSA) is 153 Å². The van der Waals surface area contributed by atoms with E-state index < -0.39 is 27.2 Å². The number of hydrogen-bond acceptors (Lipinski definition) is 4. The van der Waals surface area contributed by atoms with Crippen LogP contribution in [0.25, 0.3) is 0 Å². The molecule has 0 saturated heterocycles. The first-order valence-electron chi connectivity index (χ1n) is 4.87. The molecule has 1 rings (SSSR count). The zero-order chi connectivity index (χ0) is 13.8. The van der Waals surface area contributed by atoms with Gasteiger partial charge in [-0.3, -0.25) is 9.13 Å². The van der Waals surface area contributed by atoms with Gasteiger partial charge in [-0.05, 0) is 0 Å². The smallest absolute Gasteiger partial charge is 0.343 e. The monoisotopic (exact) mass is 300 g/mol. The summed E-state index contributed by atoms with van der Waals surface area (Å²) in [4.78, 5) is 41.9. The number of ether oxygens (including phenoxy) is 1. The van der Waals surface area contributed by atoms with Crippen LogP contribution in [-0.2, 0) is 20.3 Å². The minimum absolute atomic E-state index is 0.0569. The number of rotatable bonds is 7. The van der Waals surface area contributed by atoms with Crippen LogP contribution in [0, 0.1) is 0 Å². The van der Waals surface area contributed by atoms with Gasteiger partial charge in [0.25, 0.3) is 0 Å². The van der Waals surface area contributed by atoms with Crippen LogP contribution < -0.4 is 0 Å². The van der Waals surface area contributed by atoms with Crippen molar-refractivity contribution in [2.24, 2.45) is 0 Å². The van der Waals surface area contributed by atoms with E-state index in [2.05, 4.69) is 9.97 Å². The van der Waals surface area contributed by atoms with Gasteiger partial charge in [-0.2, -0.15) is 0 Å². The van der Waals surface area contributed by atoms with E-state index in [1.165, 1.54) is 6.33 Å². The lowest BCUT2D eigenvalue weighted by Crippen LogP contribution is -2.17. The third-order valence-corrected chi connectivity index (χ3v) is 5.76. The maximum absolute atomic E-state index is 10.9. The lowest BCUT2D eigenvalue weighted by atomic mass is 10.3. The molecule has 1 aromatic rings. The van der Waals surface area contributed by atoms with Gasteiger partial charge in [0.05, 0.1) is 25.2 Å². The molecule has 11 heteroatoms. The van der Waals surface area contributed by atoms with Gasteiger partial charge in [0.2, 0.25) is 0 Å². The Labute approximate surface area is 103 Å². The van der Waals surface area contributed by atoms with Crippen LogP contribution in [0.5, 0.6) is 0 Å². The van der Waals surface area contributed by atoms with Gasteiger partial charge in [-0.1, -0.05) is 0 Å². The molecule has 1 heterocycles. The van der Waals surface area contributed by atoms with Crippen molar-refractivity contribution in [3.8, 4) is 0 Å². The maximum atomic E-state index is 10.9. The van der Waals surface area contributed by atoms with E-state index in [0.29, 0.717) is 12.1 Å². The van der Waals surface area contributed by atoms with Crippen LogP contribution in [0.15, 0.2) is 12.5 Å². The zero-order valence-corrected chi connectivity index (χ0v) is 11.0. The van der Waals surface area contributed by atoms with E-state index in [4.69, 9.17) is 24.3 Å². The van der Waals surface area contributed by atoms with Crippen LogP contribution in [0.2, 0.25) is 0 Å². The standard InChI is InChI=1S/C7H14N2O7P2/c10-17(11,12)7(18(13,14)15)4-16-2-1-6-3-8-5-9-6/h3,5,7H,1-2,4H2,(H,8,9)(H2,10,11,12)(H2,13,14,15). The molecule has 0 unspecified atom stereocenters. The molecule has 0 aromatic carbocycles. The van der Waals surface area contributed by atoms with Crippen LogP contribution in [0.3, 0.4) is 0 Å². The molecule has 0 aliphatic rings. The van der Waals surface area contributed by atoms with E-state index in [9.17, 15) is 9.13 Å². The Morgan fingerprint density at radius 2 is 1.89 bits per heavy atom. The molecule has 0 amide bonds. The van der Waals surface area contributed by atoms with Crippen LogP contribution >= 0.6 is 15.2 Å². The minimum atomic E-state index is -4.91. The number of nitrogens with one attached hydrogen (secondary N) is 1. The molecule has 104 valence electrons. The average molecular weight is 300 g/mol. The fraction of sp³-hybridized carbons (Fsp3) is 0.571. The second-order valence-corrected chi connectivity index (χ2v) is 7.55. The second-order valence-electron chi connectivity index (χ2n) is 3.54. The lowest BCUT2D eigenvalue weighted by molar-refractivity contribution is 0.137. The third kappa shape index (κ3) is 4.99. The van der Waals surface area contributed by atoms with E-state index in [0.717, 1.165) is 0 Å². The molecule has 0 saturated carbocycles. The Bertz CT molecular complexity index is 428. The predicted octanol–water partition coefficient (Wildman–Crippen LogP) is -0.350. The summed E-state index contributed by atoms with van der Waals surface area (Å²) in [6.07, 6.45) is 3.45. The molecule has 0 fully saturated rings. The van der Waals surface area contributed by atoms with E-state index in [-0.39, 0.29) is 6.61 Å². The SMILES string of the molecule is O=P(O)(O)C(COCCc1c[nH]cn1)P(=O)(O)O. The number of hydrogen-bond donors (Lipinski definition) is 5. The average Bonchev–Trinajstić information content (AvgIpc) is 2.65. The lowest BCUT2D eigenvalue weighted by Gasteiger charge is -2.19. The summed E-state index contributed by atoms with van der Waals surface area (Å²) in [5.41, 5.74) is 0.680. The summed E-state index contributed by atoms with van der Waals surface area (Å²) in [5, 5.41) is -2.12. The van der Waals surface area contributed by atoms with Crippen molar-refractivity contribution in [2.45, 2.75) is 11.8 Å². The molecule has 0 bridgehead atoms. The summed E-state index contributed by atoms with van der Waals surface area (Å²) in [6, 6.07) is 0. The van der Waals surface area contributed by atoms with Crippen molar-refractivity contribution in [2.75, 3.05) is 13.2 Å². The zero-order valence-electron chi connectivity index (χ0n) is 9.21. The minimum Gasteiger partial charge on any atom is -0.379 e. The van der Waals surface area contributed by atoms with Gasteiger partial charge >= 0.3 is 15.2 Å². The molecule has 0 spiro atoms. The normalized spacial score (nSPS) is 13.2. The predicted molar refractivity (Wildman–Crippen MR) is 61.0 cm³/mol. The summed E-state index contributed by atoms with van der Waals surface area (Å²) in [7, 11) is -9.82. The van der Waals surface area contributed by atoms with Gasteiger partial charge in [0.15, 0.2) is 5.40 Å². The molecule has 0 aliphatic heterocycles. The van der Waals surface area contributed by atoms with Gasteiger partial charge in [0.1, 0.15) is 0 Å². The number of nitrogens with zero attached hydrogens (tertiary/aromatic N) is 1. The van der Waals surface area contributed by atoms with Crippen LogP contribution in [0.4, 0.5) is 0 Å². The molecule has 18 heavy (non-hydrogen) atoms. The van der Waals surface area contributed by atoms with E-state index in [1.807, 2.05) is 0 Å². The summed E-state index contributed by atoms with van der Waals surface area (Å²) in [5.74, 6) is 0.